The molecule has 0 aliphatic heterocycles. The summed E-state index contributed by atoms with van der Waals surface area (Å²) in [5.74, 6) is -0.274. The van der Waals surface area contributed by atoms with Gasteiger partial charge in [0.1, 0.15) is 11.7 Å². The van der Waals surface area contributed by atoms with Crippen LogP contribution in [0.4, 0.5) is 4.39 Å². The zero-order chi connectivity index (χ0) is 13.3. The third kappa shape index (κ3) is 2.31. The van der Waals surface area contributed by atoms with E-state index in [0.717, 1.165) is 0 Å². The second-order valence-electron chi connectivity index (χ2n) is 4.68. The van der Waals surface area contributed by atoms with E-state index in [0.29, 0.717) is 22.6 Å². The van der Waals surface area contributed by atoms with E-state index < -0.39 is 5.41 Å². The van der Waals surface area contributed by atoms with Gasteiger partial charge >= 0.3 is 0 Å². The maximum Gasteiger partial charge on any atom is 0.127 e. The average molecular weight is 265 g/mol. The van der Waals surface area contributed by atoms with Crippen LogP contribution in [0.3, 0.4) is 0 Å². The van der Waals surface area contributed by atoms with E-state index in [9.17, 15) is 4.39 Å². The quantitative estimate of drug-likeness (QED) is 0.623. The fourth-order valence-electron chi connectivity index (χ4n) is 2.20. The molecule has 3 N–H and O–H groups in total. The molecule has 0 bridgehead atoms. The molecular formula is C14H14ClFN2. The van der Waals surface area contributed by atoms with E-state index in [1.165, 1.54) is 12.1 Å². The maximum absolute atomic E-state index is 13.9. The zero-order valence-electron chi connectivity index (χ0n) is 10.0. The van der Waals surface area contributed by atoms with Crippen LogP contribution < -0.4 is 5.73 Å². The molecule has 1 unspecified atom stereocenters. The lowest BCUT2D eigenvalue weighted by molar-refractivity contribution is 0.525. The molecule has 0 amide bonds. The number of amidine groups is 1. The molecule has 1 aliphatic rings. The molecule has 0 spiro atoms. The van der Waals surface area contributed by atoms with Crippen molar-refractivity contribution in [2.75, 3.05) is 0 Å². The van der Waals surface area contributed by atoms with Gasteiger partial charge < -0.3 is 5.73 Å². The van der Waals surface area contributed by atoms with Crippen LogP contribution in [0.15, 0.2) is 42.0 Å². The Hall–Kier alpha value is -1.61. The van der Waals surface area contributed by atoms with Gasteiger partial charge in [0.05, 0.1) is 0 Å². The van der Waals surface area contributed by atoms with Gasteiger partial charge in [0, 0.05) is 10.4 Å². The Bertz CT molecular complexity index is 563. The van der Waals surface area contributed by atoms with E-state index in [4.69, 9.17) is 22.7 Å². The highest BCUT2D eigenvalue weighted by atomic mass is 35.5. The van der Waals surface area contributed by atoms with Crippen molar-refractivity contribution < 1.29 is 4.39 Å². The van der Waals surface area contributed by atoms with E-state index in [1.54, 1.807) is 18.2 Å². The molecule has 1 aliphatic carbocycles. The third-order valence-corrected chi connectivity index (χ3v) is 3.44. The molecule has 94 valence electrons. The summed E-state index contributed by atoms with van der Waals surface area (Å²) in [7, 11) is 0. The first-order chi connectivity index (χ1) is 8.42. The van der Waals surface area contributed by atoms with Gasteiger partial charge in [-0.2, -0.15) is 0 Å². The number of rotatable bonds is 2. The standard InChI is InChI=1S/C14H14ClFN2/c1-14(6-2-3-9(8-14)13(17)18)11-7-10(15)4-5-12(11)16/h2-7H,8H2,1H3,(H3,17,18). The minimum absolute atomic E-state index is 0.0213. The van der Waals surface area contributed by atoms with E-state index in [-0.39, 0.29) is 11.7 Å². The molecule has 2 rings (SSSR count). The lowest BCUT2D eigenvalue weighted by Gasteiger charge is -2.30. The zero-order valence-corrected chi connectivity index (χ0v) is 10.8. The van der Waals surface area contributed by atoms with Crippen LogP contribution in [0.2, 0.25) is 5.02 Å². The van der Waals surface area contributed by atoms with Gasteiger partial charge in [-0.3, -0.25) is 5.41 Å². The Labute approximate surface area is 110 Å². The second kappa shape index (κ2) is 4.58. The Morgan fingerprint density at radius 2 is 2.22 bits per heavy atom. The first kappa shape index (κ1) is 12.8. The summed E-state index contributed by atoms with van der Waals surface area (Å²) in [5.41, 5.74) is 6.21. The first-order valence-electron chi connectivity index (χ1n) is 5.61. The van der Waals surface area contributed by atoms with Crippen LogP contribution in [-0.2, 0) is 5.41 Å². The van der Waals surface area contributed by atoms with Gasteiger partial charge in [0.2, 0.25) is 0 Å². The Morgan fingerprint density at radius 1 is 1.50 bits per heavy atom. The van der Waals surface area contributed by atoms with Gasteiger partial charge in [0.15, 0.2) is 0 Å². The lowest BCUT2D eigenvalue weighted by atomic mass is 9.74. The molecule has 1 atom stereocenters. The molecule has 0 saturated carbocycles. The molecule has 4 heteroatoms. The van der Waals surface area contributed by atoms with Crippen LogP contribution in [-0.4, -0.2) is 5.84 Å². The maximum atomic E-state index is 13.9. The SMILES string of the molecule is CC1(c2cc(Cl)ccc2F)C=CC=C(C(=N)N)C1. The molecular weight excluding hydrogens is 251 g/mol. The Kier molecular flexibility index (Phi) is 3.26. The number of hydrogen-bond acceptors (Lipinski definition) is 1. The number of nitrogens with one attached hydrogen (secondary N) is 1. The highest BCUT2D eigenvalue weighted by Crippen LogP contribution is 2.37. The fraction of sp³-hybridized carbons (Fsp3) is 0.214. The van der Waals surface area contributed by atoms with Crippen LogP contribution in [0.1, 0.15) is 18.9 Å². The second-order valence-corrected chi connectivity index (χ2v) is 5.12. The molecule has 0 fully saturated rings. The summed E-state index contributed by atoms with van der Waals surface area (Å²) in [6.45, 7) is 1.91. The average Bonchev–Trinajstić information content (AvgIpc) is 2.32. The molecule has 1 aromatic rings. The largest absolute Gasteiger partial charge is 0.384 e. The number of halogens is 2. The van der Waals surface area contributed by atoms with Gasteiger partial charge in [-0.05, 0) is 35.8 Å². The van der Waals surface area contributed by atoms with E-state index in [1.807, 2.05) is 13.0 Å². The number of allylic oxidation sites excluding steroid dienone is 3. The number of nitrogens with two attached hydrogens (primary N) is 1. The summed E-state index contributed by atoms with van der Waals surface area (Å²) < 4.78 is 13.9. The summed E-state index contributed by atoms with van der Waals surface area (Å²) >= 11 is 5.92. The van der Waals surface area contributed by atoms with Crippen molar-refractivity contribution in [2.45, 2.75) is 18.8 Å². The third-order valence-electron chi connectivity index (χ3n) is 3.21. The van der Waals surface area contributed by atoms with Crippen LogP contribution >= 0.6 is 11.6 Å². The predicted octanol–water partition coefficient (Wildman–Crippen LogP) is 3.56. The molecule has 2 nitrogen and oxygen atoms in total. The fourth-order valence-corrected chi connectivity index (χ4v) is 2.37. The van der Waals surface area contributed by atoms with Crippen molar-refractivity contribution in [3.8, 4) is 0 Å². The molecule has 0 saturated heterocycles. The van der Waals surface area contributed by atoms with Crippen LogP contribution in [0.25, 0.3) is 0 Å². The highest BCUT2D eigenvalue weighted by molar-refractivity contribution is 6.30. The first-order valence-corrected chi connectivity index (χ1v) is 5.98. The van der Waals surface area contributed by atoms with Crippen molar-refractivity contribution in [1.29, 1.82) is 5.41 Å². The molecule has 0 heterocycles. The topological polar surface area (TPSA) is 49.9 Å². The van der Waals surface area contributed by atoms with Gasteiger partial charge in [-0.25, -0.2) is 4.39 Å². The van der Waals surface area contributed by atoms with Crippen LogP contribution in [0, 0.1) is 11.2 Å². The Balaban J connectivity index is 2.45. The minimum Gasteiger partial charge on any atom is -0.384 e. The smallest absolute Gasteiger partial charge is 0.127 e. The van der Waals surface area contributed by atoms with Gasteiger partial charge in [0.25, 0.3) is 0 Å². The van der Waals surface area contributed by atoms with Gasteiger partial charge in [-0.1, -0.05) is 36.8 Å². The molecule has 1 aromatic carbocycles. The Morgan fingerprint density at radius 3 is 2.89 bits per heavy atom. The van der Waals surface area contributed by atoms with Crippen LogP contribution in [0.5, 0.6) is 0 Å². The van der Waals surface area contributed by atoms with Crippen molar-refractivity contribution in [3.05, 3.63) is 58.4 Å². The normalized spacial score (nSPS) is 22.7. The monoisotopic (exact) mass is 264 g/mol. The molecule has 0 aromatic heterocycles. The van der Waals surface area contributed by atoms with E-state index in [2.05, 4.69) is 0 Å². The van der Waals surface area contributed by atoms with Crippen molar-refractivity contribution >= 4 is 17.4 Å². The summed E-state index contributed by atoms with van der Waals surface area (Å²) in [5, 5.41) is 7.98. The molecule has 0 radical (unpaired) electrons. The summed E-state index contributed by atoms with van der Waals surface area (Å²) in [4.78, 5) is 0. The predicted molar refractivity (Wildman–Crippen MR) is 72.5 cm³/mol. The van der Waals surface area contributed by atoms with Crippen molar-refractivity contribution in [2.24, 2.45) is 5.73 Å². The van der Waals surface area contributed by atoms with Crippen molar-refractivity contribution in [1.82, 2.24) is 0 Å². The molecule has 18 heavy (non-hydrogen) atoms. The van der Waals surface area contributed by atoms with Gasteiger partial charge in [-0.15, -0.1) is 0 Å². The highest BCUT2D eigenvalue weighted by Gasteiger charge is 2.30. The summed E-state index contributed by atoms with van der Waals surface area (Å²) in [6.07, 6.45) is 6.00. The van der Waals surface area contributed by atoms with E-state index >= 15 is 0 Å². The number of hydrogen-bond donors (Lipinski definition) is 2. The van der Waals surface area contributed by atoms with Crippen molar-refractivity contribution in [3.63, 3.8) is 0 Å². The lowest BCUT2D eigenvalue weighted by Crippen LogP contribution is -2.27. The number of benzene rings is 1. The minimum atomic E-state index is -0.523. The summed E-state index contributed by atoms with van der Waals surface area (Å²) in [6, 6.07) is 4.52.